The molecule has 5 unspecified atom stereocenters. The highest BCUT2D eigenvalue weighted by Crippen LogP contribution is 2.21. The van der Waals surface area contributed by atoms with Crippen molar-refractivity contribution in [3.8, 4) is 0 Å². The number of carbonyl (C=O) groups is 5. The number of Topliss-reactive ketones (excluding diaryl/α,β-unsaturated/α-hetero) is 1. The minimum Gasteiger partial charge on any atom is -0.335 e. The van der Waals surface area contributed by atoms with E-state index in [1.807, 2.05) is 62.3 Å². The average molecular weight is 539 g/mol. The Hall–Kier alpha value is -2.45. The maximum Gasteiger partial charge on any atom is 0.245 e. The lowest BCUT2D eigenvalue weighted by atomic mass is 9.93. The summed E-state index contributed by atoms with van der Waals surface area (Å²) in [4.78, 5) is 71.3. The standard InChI is InChI=1S/C29H54N4O5/c1-15-20(8)26(22(10)34)33(14)29(38)25(19(6)7)31(12)23(35)16-30(11)28(37)24(18(4)5)32(13)27(36)21(9)17(2)3/h17-21,24-26H,15-16H2,1-14H3. The van der Waals surface area contributed by atoms with Gasteiger partial charge in [-0.2, -0.15) is 0 Å². The monoisotopic (exact) mass is 538 g/mol. The van der Waals surface area contributed by atoms with Gasteiger partial charge in [-0.3, -0.25) is 24.0 Å². The highest BCUT2D eigenvalue weighted by atomic mass is 16.2. The molecule has 0 N–H and O–H groups in total. The van der Waals surface area contributed by atoms with Crippen LogP contribution >= 0.6 is 0 Å². The van der Waals surface area contributed by atoms with Crippen molar-refractivity contribution in [1.82, 2.24) is 19.6 Å². The summed E-state index contributed by atoms with van der Waals surface area (Å²) < 4.78 is 0. The molecule has 0 aromatic carbocycles. The van der Waals surface area contributed by atoms with Gasteiger partial charge < -0.3 is 19.6 Å². The molecule has 220 valence electrons. The minimum atomic E-state index is -0.793. The van der Waals surface area contributed by atoms with Gasteiger partial charge in [0.05, 0.1) is 12.6 Å². The zero-order valence-electron chi connectivity index (χ0n) is 26.4. The number of likely N-dealkylation sites (N-methyl/N-ethyl adjacent to an activating group) is 4. The molecule has 0 saturated heterocycles. The Labute approximate surface area is 231 Å². The summed E-state index contributed by atoms with van der Waals surface area (Å²) >= 11 is 0. The molecule has 0 aliphatic heterocycles. The SMILES string of the molecule is CCC(C)C(C(C)=O)N(C)C(=O)C(C(C)C)N(C)C(=O)CN(C)C(=O)C(C(C)C)N(C)C(=O)C(C)C(C)C. The van der Waals surface area contributed by atoms with Crippen LogP contribution in [0.5, 0.6) is 0 Å². The topological polar surface area (TPSA) is 98.3 Å². The molecule has 0 aliphatic carbocycles. The second-order valence-electron chi connectivity index (χ2n) is 11.9. The van der Waals surface area contributed by atoms with Crippen LogP contribution in [0.25, 0.3) is 0 Å². The lowest BCUT2D eigenvalue weighted by molar-refractivity contribution is -0.153. The van der Waals surface area contributed by atoms with Crippen LogP contribution in [0, 0.1) is 29.6 Å². The van der Waals surface area contributed by atoms with Gasteiger partial charge in [0.1, 0.15) is 12.1 Å². The van der Waals surface area contributed by atoms with E-state index in [1.54, 1.807) is 28.2 Å². The van der Waals surface area contributed by atoms with Crippen molar-refractivity contribution in [2.75, 3.05) is 34.7 Å². The fourth-order valence-electron chi connectivity index (χ4n) is 4.94. The first-order chi connectivity index (χ1) is 17.3. The molecule has 9 heteroatoms. The number of amides is 4. The average Bonchev–Trinajstić information content (AvgIpc) is 2.81. The molecule has 0 rings (SSSR count). The van der Waals surface area contributed by atoms with Crippen LogP contribution in [0.4, 0.5) is 0 Å². The molecule has 0 aromatic heterocycles. The van der Waals surface area contributed by atoms with Crippen LogP contribution < -0.4 is 0 Å². The van der Waals surface area contributed by atoms with Crippen LogP contribution in [0.15, 0.2) is 0 Å². The van der Waals surface area contributed by atoms with E-state index in [0.29, 0.717) is 0 Å². The first-order valence-electron chi connectivity index (χ1n) is 13.9. The summed E-state index contributed by atoms with van der Waals surface area (Å²) in [7, 11) is 6.35. The van der Waals surface area contributed by atoms with Gasteiger partial charge in [-0.25, -0.2) is 0 Å². The number of ketones is 1. The Kier molecular flexibility index (Phi) is 14.2. The van der Waals surface area contributed by atoms with Gasteiger partial charge in [-0.1, -0.05) is 68.7 Å². The zero-order chi connectivity index (χ0) is 30.2. The summed E-state index contributed by atoms with van der Waals surface area (Å²) in [5.41, 5.74) is 0. The summed E-state index contributed by atoms with van der Waals surface area (Å²) in [6.45, 7) is 18.4. The van der Waals surface area contributed by atoms with E-state index in [9.17, 15) is 24.0 Å². The number of nitrogens with zero attached hydrogens (tertiary/aromatic N) is 4. The Bertz CT molecular complexity index is 841. The predicted molar refractivity (Wildman–Crippen MR) is 151 cm³/mol. The third-order valence-corrected chi connectivity index (χ3v) is 7.85. The maximum atomic E-state index is 13.6. The van der Waals surface area contributed by atoms with Crippen molar-refractivity contribution in [2.45, 2.75) is 93.8 Å². The highest BCUT2D eigenvalue weighted by molar-refractivity contribution is 5.94. The molecular formula is C29H54N4O5. The fraction of sp³-hybridized carbons (Fsp3) is 0.828. The molecule has 4 amide bonds. The van der Waals surface area contributed by atoms with Gasteiger partial charge in [0.25, 0.3) is 0 Å². The van der Waals surface area contributed by atoms with E-state index in [-0.39, 0.29) is 59.6 Å². The van der Waals surface area contributed by atoms with Crippen LogP contribution in [-0.4, -0.2) is 102 Å². The Morgan fingerprint density at radius 3 is 1.37 bits per heavy atom. The molecule has 38 heavy (non-hydrogen) atoms. The second kappa shape index (κ2) is 15.2. The van der Waals surface area contributed by atoms with Gasteiger partial charge in [-0.05, 0) is 30.6 Å². The molecule has 5 atom stereocenters. The lowest BCUT2D eigenvalue weighted by Crippen LogP contribution is -2.58. The largest absolute Gasteiger partial charge is 0.335 e. The van der Waals surface area contributed by atoms with E-state index in [2.05, 4.69) is 0 Å². The molecule has 9 nitrogen and oxygen atoms in total. The van der Waals surface area contributed by atoms with E-state index in [0.717, 1.165) is 6.42 Å². The van der Waals surface area contributed by atoms with Crippen molar-refractivity contribution in [2.24, 2.45) is 29.6 Å². The predicted octanol–water partition coefficient (Wildman–Crippen LogP) is 3.17. The first kappa shape index (κ1) is 35.5. The van der Waals surface area contributed by atoms with Crippen molar-refractivity contribution in [3.63, 3.8) is 0 Å². The van der Waals surface area contributed by atoms with E-state index >= 15 is 0 Å². The van der Waals surface area contributed by atoms with Gasteiger partial charge in [0, 0.05) is 34.1 Å². The highest BCUT2D eigenvalue weighted by Gasteiger charge is 2.39. The molecule has 0 spiro atoms. The number of rotatable bonds is 14. The third kappa shape index (κ3) is 8.80. The van der Waals surface area contributed by atoms with E-state index in [1.165, 1.54) is 26.5 Å². The smallest absolute Gasteiger partial charge is 0.245 e. The van der Waals surface area contributed by atoms with Crippen molar-refractivity contribution >= 4 is 29.4 Å². The Morgan fingerprint density at radius 2 is 1.00 bits per heavy atom. The molecular weight excluding hydrogens is 484 g/mol. The van der Waals surface area contributed by atoms with Crippen molar-refractivity contribution in [1.29, 1.82) is 0 Å². The normalized spacial score (nSPS) is 15.5. The summed E-state index contributed by atoms with van der Waals surface area (Å²) in [5.74, 6) is -1.74. The van der Waals surface area contributed by atoms with Crippen molar-refractivity contribution < 1.29 is 24.0 Å². The molecule has 0 bridgehead atoms. The van der Waals surface area contributed by atoms with Gasteiger partial charge >= 0.3 is 0 Å². The first-order valence-corrected chi connectivity index (χ1v) is 13.9. The van der Waals surface area contributed by atoms with Crippen LogP contribution in [0.3, 0.4) is 0 Å². The lowest BCUT2D eigenvalue weighted by Gasteiger charge is -2.38. The molecule has 0 radical (unpaired) electrons. The summed E-state index contributed by atoms with van der Waals surface area (Å²) in [6, 6.07) is -2.08. The van der Waals surface area contributed by atoms with Crippen molar-refractivity contribution in [3.05, 3.63) is 0 Å². The maximum absolute atomic E-state index is 13.6. The van der Waals surface area contributed by atoms with Gasteiger partial charge in [-0.15, -0.1) is 0 Å². The molecule has 0 saturated carbocycles. The number of carbonyl (C=O) groups excluding carboxylic acids is 5. The van der Waals surface area contributed by atoms with Crippen LogP contribution in [0.1, 0.15) is 75.7 Å². The molecule has 0 aromatic rings. The Balaban J connectivity index is 5.83. The van der Waals surface area contributed by atoms with Crippen LogP contribution in [-0.2, 0) is 24.0 Å². The number of hydrogen-bond donors (Lipinski definition) is 0. The third-order valence-electron chi connectivity index (χ3n) is 7.85. The molecule has 0 fully saturated rings. The Morgan fingerprint density at radius 1 is 0.579 bits per heavy atom. The van der Waals surface area contributed by atoms with Crippen LogP contribution in [0.2, 0.25) is 0 Å². The quantitative estimate of drug-likeness (QED) is 0.338. The van der Waals surface area contributed by atoms with E-state index < -0.39 is 24.0 Å². The van der Waals surface area contributed by atoms with E-state index in [4.69, 9.17) is 0 Å². The summed E-state index contributed by atoms with van der Waals surface area (Å²) in [6.07, 6.45) is 0.736. The second-order valence-corrected chi connectivity index (χ2v) is 11.9. The molecule has 0 aliphatic rings. The minimum absolute atomic E-state index is 0.0231. The summed E-state index contributed by atoms with van der Waals surface area (Å²) in [5, 5.41) is 0. The van der Waals surface area contributed by atoms with Gasteiger partial charge in [0.15, 0.2) is 5.78 Å². The molecule has 0 heterocycles. The van der Waals surface area contributed by atoms with Gasteiger partial charge in [0.2, 0.25) is 23.6 Å². The number of hydrogen-bond acceptors (Lipinski definition) is 5. The fourth-order valence-corrected chi connectivity index (χ4v) is 4.94. The zero-order valence-corrected chi connectivity index (χ0v) is 26.4.